The quantitative estimate of drug-likeness (QED) is 0.779. The number of aryl methyl sites for hydroxylation is 1. The molecule has 0 aliphatic heterocycles. The lowest BCUT2D eigenvalue weighted by molar-refractivity contribution is 0.471. The summed E-state index contributed by atoms with van der Waals surface area (Å²) in [6, 6.07) is 5.22. The van der Waals surface area contributed by atoms with Gasteiger partial charge in [-0.2, -0.15) is 0 Å². The molecule has 1 aromatic heterocycles. The van der Waals surface area contributed by atoms with Crippen LogP contribution in [0.15, 0.2) is 29.0 Å². The average molecular weight is 206 g/mol. The molecule has 2 rings (SSSR count). The van der Waals surface area contributed by atoms with Crippen LogP contribution in [0.4, 0.5) is 0 Å². The lowest BCUT2D eigenvalue weighted by Gasteiger charge is -1.99. The third-order valence-electron chi connectivity index (χ3n) is 1.82. The summed E-state index contributed by atoms with van der Waals surface area (Å²) in [4.78, 5) is 0. The highest BCUT2D eigenvalue weighted by atomic mass is 16.4. The molecule has 0 fully saturated rings. The minimum atomic E-state index is 0.232. The normalized spacial score (nSPS) is 9.27. The van der Waals surface area contributed by atoms with Gasteiger partial charge in [-0.15, -0.1) is 10.2 Å². The van der Waals surface area contributed by atoms with Crippen LogP contribution in [0.25, 0.3) is 11.5 Å². The van der Waals surface area contributed by atoms with Crippen molar-refractivity contribution in [2.75, 3.05) is 0 Å². The van der Waals surface area contributed by atoms with Crippen LogP contribution in [0.2, 0.25) is 0 Å². The van der Waals surface area contributed by atoms with Crippen LogP contribution in [0, 0.1) is 6.92 Å². The maximum atomic E-state index is 9.41. The van der Waals surface area contributed by atoms with Gasteiger partial charge >= 0.3 is 0 Å². The molecule has 0 aliphatic rings. The molecule has 15 heavy (non-hydrogen) atoms. The van der Waals surface area contributed by atoms with Crippen molar-refractivity contribution in [3.05, 3.63) is 30.2 Å². The van der Waals surface area contributed by atoms with Crippen molar-refractivity contribution in [2.24, 2.45) is 0 Å². The Morgan fingerprint density at radius 2 is 2.00 bits per heavy atom. The summed E-state index contributed by atoms with van der Waals surface area (Å²) in [5.74, 6) is 0.644. The molecule has 0 atom stereocenters. The molecule has 0 amide bonds. The molecular formula is C11H14N2O2. The van der Waals surface area contributed by atoms with Gasteiger partial charge in [0.1, 0.15) is 5.75 Å². The molecule has 0 radical (unpaired) electrons. The highest BCUT2D eigenvalue weighted by Crippen LogP contribution is 2.23. The Hall–Kier alpha value is -1.84. The van der Waals surface area contributed by atoms with E-state index in [1.54, 1.807) is 12.1 Å². The second-order valence-corrected chi connectivity index (χ2v) is 2.75. The molecule has 80 valence electrons. The number of phenols is 1. The Kier molecular flexibility index (Phi) is 3.85. The van der Waals surface area contributed by atoms with Crippen molar-refractivity contribution in [1.29, 1.82) is 0 Å². The average Bonchev–Trinajstić information content (AvgIpc) is 2.78. The molecule has 1 heterocycles. The second kappa shape index (κ2) is 5.14. The van der Waals surface area contributed by atoms with Crippen molar-refractivity contribution < 1.29 is 9.52 Å². The van der Waals surface area contributed by atoms with Gasteiger partial charge in [0.2, 0.25) is 12.3 Å². The van der Waals surface area contributed by atoms with Gasteiger partial charge in [0.15, 0.2) is 0 Å². The summed E-state index contributed by atoms with van der Waals surface area (Å²) in [5.41, 5.74) is 1.55. The molecule has 0 spiro atoms. The van der Waals surface area contributed by atoms with E-state index < -0.39 is 0 Å². The fourth-order valence-corrected chi connectivity index (χ4v) is 1.04. The first kappa shape index (κ1) is 11.2. The molecule has 0 saturated heterocycles. The lowest BCUT2D eigenvalue weighted by atomic mass is 10.1. The first-order chi connectivity index (χ1) is 7.27. The Morgan fingerprint density at radius 1 is 1.27 bits per heavy atom. The number of rotatable bonds is 1. The third kappa shape index (κ3) is 2.56. The van der Waals surface area contributed by atoms with Gasteiger partial charge in [0.25, 0.3) is 0 Å². The topological polar surface area (TPSA) is 59.2 Å². The summed E-state index contributed by atoms with van der Waals surface area (Å²) in [6.45, 7) is 5.83. The predicted octanol–water partition coefficient (Wildman–Crippen LogP) is 2.78. The Labute approximate surface area is 88.6 Å². The van der Waals surface area contributed by atoms with E-state index in [-0.39, 0.29) is 5.75 Å². The molecule has 2 aromatic rings. The number of nitrogens with zero attached hydrogens (tertiary/aromatic N) is 2. The van der Waals surface area contributed by atoms with E-state index in [2.05, 4.69) is 10.2 Å². The van der Waals surface area contributed by atoms with Crippen molar-refractivity contribution in [3.63, 3.8) is 0 Å². The number of benzene rings is 1. The monoisotopic (exact) mass is 206 g/mol. The van der Waals surface area contributed by atoms with E-state index >= 15 is 0 Å². The van der Waals surface area contributed by atoms with Gasteiger partial charge in [0, 0.05) is 5.56 Å². The molecule has 4 nitrogen and oxygen atoms in total. The van der Waals surface area contributed by atoms with Gasteiger partial charge < -0.3 is 9.52 Å². The van der Waals surface area contributed by atoms with E-state index in [0.717, 1.165) is 11.1 Å². The van der Waals surface area contributed by atoms with E-state index in [4.69, 9.17) is 4.42 Å². The number of hydrogen-bond donors (Lipinski definition) is 1. The van der Waals surface area contributed by atoms with Crippen LogP contribution in [-0.4, -0.2) is 15.3 Å². The van der Waals surface area contributed by atoms with Crippen LogP contribution < -0.4 is 0 Å². The predicted molar refractivity (Wildman–Crippen MR) is 57.5 cm³/mol. The van der Waals surface area contributed by atoms with Gasteiger partial charge in [-0.3, -0.25) is 0 Å². The summed E-state index contributed by atoms with van der Waals surface area (Å²) >= 11 is 0. The van der Waals surface area contributed by atoms with Gasteiger partial charge in [-0.05, 0) is 24.6 Å². The van der Waals surface area contributed by atoms with E-state index in [0.29, 0.717) is 5.89 Å². The number of aromatic hydroxyl groups is 1. The first-order valence-corrected chi connectivity index (χ1v) is 4.83. The maximum absolute atomic E-state index is 9.41. The molecule has 0 aliphatic carbocycles. The Balaban J connectivity index is 0.000000531. The first-order valence-electron chi connectivity index (χ1n) is 4.83. The fourth-order valence-electron chi connectivity index (χ4n) is 1.04. The number of phenolic OH excluding ortho intramolecular Hbond substituents is 1. The Bertz CT molecular complexity index is 411. The lowest BCUT2D eigenvalue weighted by Crippen LogP contribution is -1.80. The highest BCUT2D eigenvalue weighted by molar-refractivity contribution is 5.56. The van der Waals surface area contributed by atoms with E-state index in [1.807, 2.05) is 26.8 Å². The van der Waals surface area contributed by atoms with Gasteiger partial charge in [-0.1, -0.05) is 19.9 Å². The zero-order chi connectivity index (χ0) is 11.3. The molecule has 0 unspecified atom stereocenters. The molecule has 0 bridgehead atoms. The fraction of sp³-hybridized carbons (Fsp3) is 0.273. The second-order valence-electron chi connectivity index (χ2n) is 2.75. The van der Waals surface area contributed by atoms with E-state index in [9.17, 15) is 5.11 Å². The van der Waals surface area contributed by atoms with Crippen LogP contribution in [-0.2, 0) is 0 Å². The molecule has 1 aromatic carbocycles. The van der Waals surface area contributed by atoms with Crippen LogP contribution in [0.1, 0.15) is 19.4 Å². The number of aromatic nitrogens is 2. The summed E-state index contributed by atoms with van der Waals surface area (Å²) in [6.07, 6.45) is 1.26. The van der Waals surface area contributed by atoms with Gasteiger partial charge in [0.05, 0.1) is 0 Å². The molecule has 4 heteroatoms. The Morgan fingerprint density at radius 3 is 2.53 bits per heavy atom. The smallest absolute Gasteiger partial charge is 0.247 e. The maximum Gasteiger partial charge on any atom is 0.247 e. The van der Waals surface area contributed by atoms with Crippen LogP contribution >= 0.6 is 0 Å². The summed E-state index contributed by atoms with van der Waals surface area (Å²) < 4.78 is 4.98. The summed E-state index contributed by atoms with van der Waals surface area (Å²) in [5, 5.41) is 16.7. The standard InChI is InChI=1S/C9H8N2O2.C2H6/c1-6-2-3-7(4-8(6)12)9-11-10-5-13-9;1-2/h2-5,12H,1H3;1-2H3. The SMILES string of the molecule is CC.Cc1ccc(-c2nnco2)cc1O. The number of hydrogen-bond acceptors (Lipinski definition) is 4. The van der Waals surface area contributed by atoms with Crippen molar-refractivity contribution in [2.45, 2.75) is 20.8 Å². The molecule has 1 N–H and O–H groups in total. The van der Waals surface area contributed by atoms with Crippen molar-refractivity contribution >= 4 is 0 Å². The van der Waals surface area contributed by atoms with Crippen molar-refractivity contribution in [3.8, 4) is 17.2 Å². The van der Waals surface area contributed by atoms with Crippen LogP contribution in [0.3, 0.4) is 0 Å². The zero-order valence-corrected chi connectivity index (χ0v) is 9.06. The highest BCUT2D eigenvalue weighted by Gasteiger charge is 2.04. The third-order valence-corrected chi connectivity index (χ3v) is 1.82. The van der Waals surface area contributed by atoms with E-state index in [1.165, 1.54) is 6.39 Å². The van der Waals surface area contributed by atoms with Crippen molar-refractivity contribution in [1.82, 2.24) is 10.2 Å². The largest absolute Gasteiger partial charge is 0.508 e. The zero-order valence-electron chi connectivity index (χ0n) is 9.06. The molecular weight excluding hydrogens is 192 g/mol. The summed E-state index contributed by atoms with van der Waals surface area (Å²) in [7, 11) is 0. The minimum Gasteiger partial charge on any atom is -0.508 e. The molecule has 0 saturated carbocycles. The minimum absolute atomic E-state index is 0.232. The van der Waals surface area contributed by atoms with Crippen LogP contribution in [0.5, 0.6) is 5.75 Å². The van der Waals surface area contributed by atoms with Gasteiger partial charge in [-0.25, -0.2) is 0 Å².